The number of nitrogens with one attached hydrogen (secondary N) is 2. The summed E-state index contributed by atoms with van der Waals surface area (Å²) in [7, 11) is 1.71. The lowest BCUT2D eigenvalue weighted by atomic mass is 10.0. The average molecular weight is 312 g/mol. The first-order valence-corrected chi connectivity index (χ1v) is 8.10. The molecule has 1 fully saturated rings. The Labute approximate surface area is 137 Å². The summed E-state index contributed by atoms with van der Waals surface area (Å²) < 4.78 is 5.55. The van der Waals surface area contributed by atoms with Gasteiger partial charge in [0.1, 0.15) is 5.75 Å². The zero-order valence-corrected chi connectivity index (χ0v) is 13.5. The third-order valence-corrected chi connectivity index (χ3v) is 4.42. The number of hydrogen-bond donors (Lipinski definition) is 3. The SMILES string of the molecule is COc1cc(-c2ccccc2)ccc1CNCC1CNCC1O. The van der Waals surface area contributed by atoms with E-state index in [1.807, 2.05) is 18.2 Å². The number of ether oxygens (including phenoxy) is 1. The van der Waals surface area contributed by atoms with E-state index in [0.717, 1.165) is 36.5 Å². The average Bonchev–Trinajstić information content (AvgIpc) is 3.01. The van der Waals surface area contributed by atoms with E-state index in [4.69, 9.17) is 4.74 Å². The van der Waals surface area contributed by atoms with Gasteiger partial charge in [-0.05, 0) is 17.2 Å². The van der Waals surface area contributed by atoms with Crippen LogP contribution >= 0.6 is 0 Å². The molecule has 2 aromatic rings. The van der Waals surface area contributed by atoms with Crippen LogP contribution in [0.25, 0.3) is 11.1 Å². The molecule has 0 aromatic heterocycles. The van der Waals surface area contributed by atoms with Gasteiger partial charge in [-0.1, -0.05) is 42.5 Å². The zero-order chi connectivity index (χ0) is 16.1. The van der Waals surface area contributed by atoms with E-state index in [1.165, 1.54) is 5.56 Å². The summed E-state index contributed by atoms with van der Waals surface area (Å²) in [5.74, 6) is 1.17. The molecule has 3 rings (SSSR count). The third kappa shape index (κ3) is 3.91. The van der Waals surface area contributed by atoms with E-state index in [0.29, 0.717) is 6.54 Å². The van der Waals surface area contributed by atoms with Gasteiger partial charge in [0.25, 0.3) is 0 Å². The predicted molar refractivity (Wildman–Crippen MR) is 92.5 cm³/mol. The van der Waals surface area contributed by atoms with E-state index >= 15 is 0 Å². The van der Waals surface area contributed by atoms with Crippen molar-refractivity contribution in [1.29, 1.82) is 0 Å². The van der Waals surface area contributed by atoms with Gasteiger partial charge < -0.3 is 20.5 Å². The summed E-state index contributed by atoms with van der Waals surface area (Å²) >= 11 is 0. The summed E-state index contributed by atoms with van der Waals surface area (Å²) in [5.41, 5.74) is 3.47. The molecule has 0 aliphatic carbocycles. The Morgan fingerprint density at radius 2 is 1.96 bits per heavy atom. The van der Waals surface area contributed by atoms with Crippen molar-refractivity contribution < 1.29 is 9.84 Å². The Kier molecular flexibility index (Phi) is 5.28. The molecule has 0 amide bonds. The van der Waals surface area contributed by atoms with Crippen molar-refractivity contribution in [3.63, 3.8) is 0 Å². The highest BCUT2D eigenvalue weighted by Gasteiger charge is 2.24. The summed E-state index contributed by atoms with van der Waals surface area (Å²) in [6, 6.07) is 16.6. The van der Waals surface area contributed by atoms with Crippen molar-refractivity contribution >= 4 is 0 Å². The maximum absolute atomic E-state index is 9.82. The minimum atomic E-state index is -0.246. The summed E-state index contributed by atoms with van der Waals surface area (Å²) in [6.07, 6.45) is -0.246. The molecule has 0 spiro atoms. The van der Waals surface area contributed by atoms with Gasteiger partial charge in [0.05, 0.1) is 13.2 Å². The van der Waals surface area contributed by atoms with Crippen LogP contribution in [0.5, 0.6) is 5.75 Å². The van der Waals surface area contributed by atoms with Gasteiger partial charge in [-0.15, -0.1) is 0 Å². The van der Waals surface area contributed by atoms with Crippen LogP contribution in [0.3, 0.4) is 0 Å². The van der Waals surface area contributed by atoms with Gasteiger partial charge in [-0.25, -0.2) is 0 Å². The van der Waals surface area contributed by atoms with Crippen LogP contribution in [0.4, 0.5) is 0 Å². The standard InChI is InChI=1S/C19H24N2O2/c1-23-19-9-15(14-5-3-2-4-6-14)7-8-16(19)10-20-11-17-12-21-13-18(17)22/h2-9,17-18,20-22H,10-13H2,1H3. The third-order valence-electron chi connectivity index (χ3n) is 4.42. The molecule has 4 heteroatoms. The second-order valence-corrected chi connectivity index (χ2v) is 6.01. The summed E-state index contributed by atoms with van der Waals surface area (Å²) in [6.45, 7) is 3.11. The van der Waals surface area contributed by atoms with E-state index in [2.05, 4.69) is 41.0 Å². The van der Waals surface area contributed by atoms with Crippen molar-refractivity contribution in [3.05, 3.63) is 54.1 Å². The Bertz CT molecular complexity index is 631. The molecule has 1 aliphatic heterocycles. The maximum atomic E-state index is 9.82. The van der Waals surface area contributed by atoms with Crippen LogP contribution in [0.2, 0.25) is 0 Å². The smallest absolute Gasteiger partial charge is 0.123 e. The molecule has 2 atom stereocenters. The quantitative estimate of drug-likeness (QED) is 0.764. The van der Waals surface area contributed by atoms with Crippen molar-refractivity contribution in [2.45, 2.75) is 12.6 Å². The van der Waals surface area contributed by atoms with E-state index in [-0.39, 0.29) is 12.0 Å². The topological polar surface area (TPSA) is 53.5 Å². The molecule has 23 heavy (non-hydrogen) atoms. The monoisotopic (exact) mass is 312 g/mol. The fourth-order valence-electron chi connectivity index (χ4n) is 3.02. The van der Waals surface area contributed by atoms with Crippen molar-refractivity contribution in [2.24, 2.45) is 5.92 Å². The van der Waals surface area contributed by atoms with Crippen LogP contribution in [0.15, 0.2) is 48.5 Å². The highest BCUT2D eigenvalue weighted by atomic mass is 16.5. The van der Waals surface area contributed by atoms with Gasteiger partial charge >= 0.3 is 0 Å². The van der Waals surface area contributed by atoms with Crippen LogP contribution in [-0.2, 0) is 6.54 Å². The first-order valence-electron chi connectivity index (χ1n) is 8.10. The minimum Gasteiger partial charge on any atom is -0.496 e. The second-order valence-electron chi connectivity index (χ2n) is 6.01. The largest absolute Gasteiger partial charge is 0.496 e. The van der Waals surface area contributed by atoms with Gasteiger partial charge in [-0.2, -0.15) is 0 Å². The number of β-amino-alcohol motifs (C(OH)–C–C–N with tert-alkyl or cyclic N) is 1. The number of aliphatic hydroxyl groups is 1. The van der Waals surface area contributed by atoms with Crippen LogP contribution in [0, 0.1) is 5.92 Å². The predicted octanol–water partition coefficient (Wildman–Crippen LogP) is 2.03. The first kappa shape index (κ1) is 16.0. The highest BCUT2D eigenvalue weighted by Crippen LogP contribution is 2.27. The lowest BCUT2D eigenvalue weighted by Gasteiger charge is -2.16. The first-order chi connectivity index (χ1) is 11.3. The second kappa shape index (κ2) is 7.59. The molecule has 122 valence electrons. The fourth-order valence-corrected chi connectivity index (χ4v) is 3.02. The van der Waals surface area contributed by atoms with Crippen LogP contribution in [-0.4, -0.2) is 38.0 Å². The molecule has 2 unspecified atom stereocenters. The van der Waals surface area contributed by atoms with Gasteiger partial charge in [0.15, 0.2) is 0 Å². The molecule has 0 bridgehead atoms. The number of aliphatic hydroxyl groups excluding tert-OH is 1. The summed E-state index contributed by atoms with van der Waals surface area (Å²) in [4.78, 5) is 0. The number of methoxy groups -OCH3 is 1. The van der Waals surface area contributed by atoms with Crippen LogP contribution in [0.1, 0.15) is 5.56 Å². The van der Waals surface area contributed by atoms with Gasteiger partial charge in [0, 0.05) is 37.7 Å². The molecule has 1 aliphatic rings. The number of rotatable bonds is 6. The molecule has 0 saturated carbocycles. The van der Waals surface area contributed by atoms with Gasteiger partial charge in [0.2, 0.25) is 0 Å². The lowest BCUT2D eigenvalue weighted by molar-refractivity contribution is 0.146. The van der Waals surface area contributed by atoms with E-state index in [9.17, 15) is 5.11 Å². The number of hydrogen-bond acceptors (Lipinski definition) is 4. The lowest BCUT2D eigenvalue weighted by Crippen LogP contribution is -2.30. The summed E-state index contributed by atoms with van der Waals surface area (Å²) in [5, 5.41) is 16.5. The van der Waals surface area contributed by atoms with E-state index in [1.54, 1.807) is 7.11 Å². The van der Waals surface area contributed by atoms with Crippen molar-refractivity contribution in [2.75, 3.05) is 26.7 Å². The molecule has 1 heterocycles. The molecule has 2 aromatic carbocycles. The minimum absolute atomic E-state index is 0.246. The molecule has 4 nitrogen and oxygen atoms in total. The van der Waals surface area contributed by atoms with Crippen molar-refractivity contribution in [1.82, 2.24) is 10.6 Å². The maximum Gasteiger partial charge on any atom is 0.123 e. The molecule has 1 saturated heterocycles. The van der Waals surface area contributed by atoms with Gasteiger partial charge in [-0.3, -0.25) is 0 Å². The Morgan fingerprint density at radius 1 is 1.13 bits per heavy atom. The number of benzene rings is 2. The molecule has 3 N–H and O–H groups in total. The highest BCUT2D eigenvalue weighted by molar-refractivity contribution is 5.66. The Hall–Kier alpha value is -1.88. The molecule has 0 radical (unpaired) electrons. The Balaban J connectivity index is 1.65. The Morgan fingerprint density at radius 3 is 2.65 bits per heavy atom. The van der Waals surface area contributed by atoms with Crippen molar-refractivity contribution in [3.8, 4) is 16.9 Å². The normalized spacial score (nSPS) is 20.6. The van der Waals surface area contributed by atoms with E-state index < -0.39 is 0 Å². The zero-order valence-electron chi connectivity index (χ0n) is 13.5. The molecular weight excluding hydrogens is 288 g/mol. The fraction of sp³-hybridized carbons (Fsp3) is 0.368. The van der Waals surface area contributed by atoms with Crippen LogP contribution < -0.4 is 15.4 Å². The molecular formula is C19H24N2O2.